The first-order chi connectivity index (χ1) is 9.76. The summed E-state index contributed by atoms with van der Waals surface area (Å²) in [5.74, 6) is 1.46. The normalized spacial score (nSPS) is 26.2. The first kappa shape index (κ1) is 13.8. The fourth-order valence-corrected chi connectivity index (χ4v) is 3.23. The number of aromatic nitrogens is 3. The topological polar surface area (TPSA) is 74.2 Å². The molecule has 2 aliphatic rings. The summed E-state index contributed by atoms with van der Waals surface area (Å²) in [5, 5.41) is 12.9. The number of hydrogen-bond donors (Lipinski definition) is 2. The Morgan fingerprint density at radius 3 is 2.70 bits per heavy atom. The molecule has 20 heavy (non-hydrogen) atoms. The maximum atomic E-state index is 9.37. The molecule has 0 radical (unpaired) electrons. The van der Waals surface area contributed by atoms with Crippen LogP contribution in [0, 0.1) is 5.92 Å². The zero-order valence-corrected chi connectivity index (χ0v) is 12.2. The molecule has 7 heteroatoms. The Morgan fingerprint density at radius 2 is 1.95 bits per heavy atom. The van der Waals surface area contributed by atoms with E-state index in [9.17, 15) is 5.11 Å². The third kappa shape index (κ3) is 2.96. The molecule has 1 aliphatic heterocycles. The summed E-state index contributed by atoms with van der Waals surface area (Å²) in [6, 6.07) is 0.227. The standard InChI is InChI=1S/C13H20ClN5O/c14-11-16-12(15-10-5-3-4-9(10)8-20)18-13(17-11)19-6-1-2-7-19/h9-10,20H,1-8H2,(H,15,16,17,18). The molecule has 2 N–H and O–H groups in total. The summed E-state index contributed by atoms with van der Waals surface area (Å²) < 4.78 is 0. The van der Waals surface area contributed by atoms with Crippen LogP contribution in [0.4, 0.5) is 11.9 Å². The lowest BCUT2D eigenvalue weighted by molar-refractivity contribution is 0.222. The van der Waals surface area contributed by atoms with Crippen molar-refractivity contribution in [2.75, 3.05) is 29.9 Å². The molecule has 110 valence electrons. The Bertz CT molecular complexity index is 466. The van der Waals surface area contributed by atoms with Crippen LogP contribution in [0.15, 0.2) is 0 Å². The monoisotopic (exact) mass is 297 g/mol. The highest BCUT2D eigenvalue weighted by Gasteiger charge is 2.27. The van der Waals surface area contributed by atoms with Crippen LogP contribution in [-0.2, 0) is 0 Å². The molecular formula is C13H20ClN5O. The third-order valence-corrected chi connectivity index (χ3v) is 4.36. The number of hydrogen-bond acceptors (Lipinski definition) is 6. The van der Waals surface area contributed by atoms with Crippen LogP contribution in [0.25, 0.3) is 0 Å². The van der Waals surface area contributed by atoms with E-state index in [-0.39, 0.29) is 23.9 Å². The molecule has 0 amide bonds. The SMILES string of the molecule is OCC1CCCC1Nc1nc(Cl)nc(N2CCCC2)n1. The first-order valence-corrected chi connectivity index (χ1v) is 7.68. The van der Waals surface area contributed by atoms with Gasteiger partial charge in [0.15, 0.2) is 0 Å². The molecule has 2 heterocycles. The summed E-state index contributed by atoms with van der Waals surface area (Å²) in [6.45, 7) is 2.15. The van der Waals surface area contributed by atoms with Gasteiger partial charge < -0.3 is 15.3 Å². The van der Waals surface area contributed by atoms with Crippen LogP contribution in [0.3, 0.4) is 0 Å². The Kier molecular flexibility index (Phi) is 4.21. The number of nitrogens with zero attached hydrogens (tertiary/aromatic N) is 4. The molecule has 0 aromatic carbocycles. The van der Waals surface area contributed by atoms with Crippen molar-refractivity contribution in [2.45, 2.75) is 38.1 Å². The van der Waals surface area contributed by atoms with E-state index >= 15 is 0 Å². The van der Waals surface area contributed by atoms with Crippen molar-refractivity contribution < 1.29 is 5.11 Å². The fraction of sp³-hybridized carbons (Fsp3) is 0.769. The lowest BCUT2D eigenvalue weighted by Crippen LogP contribution is -2.28. The zero-order valence-electron chi connectivity index (χ0n) is 11.4. The minimum Gasteiger partial charge on any atom is -0.396 e. The highest BCUT2D eigenvalue weighted by molar-refractivity contribution is 6.28. The quantitative estimate of drug-likeness (QED) is 0.881. The summed E-state index contributed by atoms with van der Waals surface area (Å²) >= 11 is 6.01. The van der Waals surface area contributed by atoms with Gasteiger partial charge in [0.2, 0.25) is 17.2 Å². The molecule has 1 saturated heterocycles. The molecule has 0 spiro atoms. The van der Waals surface area contributed by atoms with Crippen LogP contribution in [0.2, 0.25) is 5.28 Å². The van der Waals surface area contributed by atoms with E-state index in [1.165, 1.54) is 12.8 Å². The lowest BCUT2D eigenvalue weighted by atomic mass is 10.1. The van der Waals surface area contributed by atoms with Gasteiger partial charge in [-0.15, -0.1) is 0 Å². The van der Waals surface area contributed by atoms with Crippen molar-refractivity contribution in [3.63, 3.8) is 0 Å². The van der Waals surface area contributed by atoms with E-state index in [2.05, 4.69) is 25.2 Å². The average molecular weight is 298 g/mol. The van der Waals surface area contributed by atoms with Gasteiger partial charge in [0.25, 0.3) is 0 Å². The van der Waals surface area contributed by atoms with Crippen molar-refractivity contribution in [3.05, 3.63) is 5.28 Å². The molecule has 1 aliphatic carbocycles. The third-order valence-electron chi connectivity index (χ3n) is 4.19. The minimum absolute atomic E-state index is 0.204. The van der Waals surface area contributed by atoms with Gasteiger partial charge in [-0.3, -0.25) is 0 Å². The van der Waals surface area contributed by atoms with E-state index in [4.69, 9.17) is 11.6 Å². The van der Waals surface area contributed by atoms with Gasteiger partial charge in [-0.1, -0.05) is 6.42 Å². The number of rotatable bonds is 4. The Labute approximate surface area is 123 Å². The van der Waals surface area contributed by atoms with Gasteiger partial charge in [-0.25, -0.2) is 0 Å². The number of halogens is 1. The van der Waals surface area contributed by atoms with Crippen molar-refractivity contribution in [3.8, 4) is 0 Å². The van der Waals surface area contributed by atoms with Crippen molar-refractivity contribution in [1.29, 1.82) is 0 Å². The van der Waals surface area contributed by atoms with Crippen LogP contribution in [-0.4, -0.2) is 45.8 Å². The molecule has 1 saturated carbocycles. The Hall–Kier alpha value is -1.14. The van der Waals surface area contributed by atoms with Crippen molar-refractivity contribution in [2.24, 2.45) is 5.92 Å². The van der Waals surface area contributed by atoms with E-state index in [0.717, 1.165) is 32.4 Å². The molecule has 6 nitrogen and oxygen atoms in total. The summed E-state index contributed by atoms with van der Waals surface area (Å²) in [5.41, 5.74) is 0. The van der Waals surface area contributed by atoms with Gasteiger partial charge in [0, 0.05) is 31.7 Å². The second kappa shape index (κ2) is 6.10. The highest BCUT2D eigenvalue weighted by Crippen LogP contribution is 2.28. The van der Waals surface area contributed by atoms with Crippen molar-refractivity contribution >= 4 is 23.5 Å². The average Bonchev–Trinajstić information content (AvgIpc) is 3.08. The molecule has 1 aromatic heterocycles. The van der Waals surface area contributed by atoms with Gasteiger partial charge >= 0.3 is 0 Å². The molecule has 2 fully saturated rings. The summed E-state index contributed by atoms with van der Waals surface area (Å²) in [7, 11) is 0. The van der Waals surface area contributed by atoms with Crippen molar-refractivity contribution in [1.82, 2.24) is 15.0 Å². The smallest absolute Gasteiger partial charge is 0.231 e. The number of nitrogens with one attached hydrogen (secondary N) is 1. The highest BCUT2D eigenvalue weighted by atomic mass is 35.5. The first-order valence-electron chi connectivity index (χ1n) is 7.30. The predicted molar refractivity (Wildman–Crippen MR) is 78.1 cm³/mol. The Morgan fingerprint density at radius 1 is 1.15 bits per heavy atom. The maximum Gasteiger partial charge on any atom is 0.231 e. The molecule has 1 aromatic rings. The second-order valence-corrected chi connectivity index (χ2v) is 5.88. The summed E-state index contributed by atoms with van der Waals surface area (Å²) in [4.78, 5) is 15.0. The Balaban J connectivity index is 1.75. The minimum atomic E-state index is 0.204. The molecule has 3 rings (SSSR count). The molecule has 0 bridgehead atoms. The number of aliphatic hydroxyl groups excluding tert-OH is 1. The van der Waals surface area contributed by atoms with E-state index in [1.54, 1.807) is 0 Å². The van der Waals surface area contributed by atoms with Gasteiger partial charge in [-0.2, -0.15) is 15.0 Å². The van der Waals surface area contributed by atoms with Crippen LogP contribution in [0.1, 0.15) is 32.1 Å². The fourth-order valence-electron chi connectivity index (χ4n) is 3.07. The van der Waals surface area contributed by atoms with Crippen LogP contribution < -0.4 is 10.2 Å². The summed E-state index contributed by atoms with van der Waals surface area (Å²) in [6.07, 6.45) is 5.54. The van der Waals surface area contributed by atoms with E-state index < -0.39 is 0 Å². The van der Waals surface area contributed by atoms with Crippen LogP contribution in [0.5, 0.6) is 0 Å². The van der Waals surface area contributed by atoms with Crippen LogP contribution >= 0.6 is 11.6 Å². The molecular weight excluding hydrogens is 278 g/mol. The zero-order chi connectivity index (χ0) is 13.9. The molecule has 2 atom stereocenters. The van der Waals surface area contributed by atoms with Gasteiger partial charge in [-0.05, 0) is 37.3 Å². The van der Waals surface area contributed by atoms with Gasteiger partial charge in [0.05, 0.1) is 0 Å². The lowest BCUT2D eigenvalue weighted by Gasteiger charge is -2.20. The number of aliphatic hydroxyl groups is 1. The maximum absolute atomic E-state index is 9.37. The largest absolute Gasteiger partial charge is 0.396 e. The predicted octanol–water partition coefficient (Wildman–Crippen LogP) is 1.70. The van der Waals surface area contributed by atoms with Gasteiger partial charge in [0.1, 0.15) is 0 Å². The second-order valence-electron chi connectivity index (χ2n) is 5.55. The molecule has 2 unspecified atom stereocenters. The van der Waals surface area contributed by atoms with E-state index in [1.807, 2.05) is 0 Å². The number of anilines is 2. The van der Waals surface area contributed by atoms with E-state index in [0.29, 0.717) is 11.9 Å².